The standard InChI is InChI=1S/C28H26N4O2/c1-33-22-14-29-27(28-24(22)16-8-3-6-11-19(16)31-28)21-13-7-12-20-26-25(23(34-2)15-32(20)21)17-9-4-5-10-18(17)30-26/h3-6,8-11,14,21,30-31H,7,12-13,15H2,1-2H3/p+1/t21-/m1/s1. The molecular formula is C28H27N4O2+. The third-order valence-corrected chi connectivity index (χ3v) is 7.69. The van der Waals surface area contributed by atoms with E-state index in [4.69, 9.17) is 14.5 Å². The number of methoxy groups -OCH3 is 2. The van der Waals surface area contributed by atoms with E-state index >= 15 is 0 Å². The molecule has 170 valence electrons. The molecule has 34 heavy (non-hydrogen) atoms. The van der Waals surface area contributed by atoms with E-state index in [9.17, 15) is 0 Å². The molecule has 2 aromatic carbocycles. The summed E-state index contributed by atoms with van der Waals surface area (Å²) in [5.41, 5.74) is 5.90. The van der Waals surface area contributed by atoms with E-state index < -0.39 is 0 Å². The maximum absolute atomic E-state index is 6.00. The summed E-state index contributed by atoms with van der Waals surface area (Å²) >= 11 is 0. The van der Waals surface area contributed by atoms with Crippen molar-refractivity contribution >= 4 is 44.2 Å². The molecule has 2 aliphatic heterocycles. The summed E-state index contributed by atoms with van der Waals surface area (Å²) in [6, 6.07) is 17.2. The van der Waals surface area contributed by atoms with Gasteiger partial charge in [-0.2, -0.15) is 0 Å². The topological polar surface area (TPSA) is 67.4 Å². The maximum atomic E-state index is 6.00. The molecule has 0 bridgehead atoms. The molecule has 1 saturated heterocycles. The molecule has 0 aliphatic carbocycles. The van der Waals surface area contributed by atoms with Crippen LogP contribution in [0.1, 0.15) is 31.0 Å². The summed E-state index contributed by atoms with van der Waals surface area (Å²) in [6.07, 6.45) is 5.19. The fourth-order valence-electron chi connectivity index (χ4n) is 6.21. The van der Waals surface area contributed by atoms with Gasteiger partial charge in [0.05, 0.1) is 36.5 Å². The van der Waals surface area contributed by atoms with Crippen LogP contribution in [0.15, 0.2) is 54.7 Å². The zero-order chi connectivity index (χ0) is 22.8. The number of fused-ring (bicyclic) bond motifs is 7. The lowest BCUT2D eigenvalue weighted by atomic mass is 9.93. The quantitative estimate of drug-likeness (QED) is 0.395. The number of aromatic nitrogens is 3. The van der Waals surface area contributed by atoms with Gasteiger partial charge >= 0.3 is 0 Å². The molecule has 2 aliphatic rings. The minimum Gasteiger partial charge on any atom is -0.494 e. The molecule has 0 saturated carbocycles. The lowest BCUT2D eigenvalue weighted by Crippen LogP contribution is -3.12. The highest BCUT2D eigenvalue weighted by Gasteiger charge is 2.39. The molecule has 1 fully saturated rings. The second kappa shape index (κ2) is 7.37. The van der Waals surface area contributed by atoms with E-state index in [2.05, 4.69) is 58.5 Å². The van der Waals surface area contributed by atoms with Crippen molar-refractivity contribution in [3.63, 3.8) is 0 Å². The van der Waals surface area contributed by atoms with Gasteiger partial charge in [0.1, 0.15) is 35.1 Å². The maximum Gasteiger partial charge on any atom is 0.160 e. The van der Waals surface area contributed by atoms with Gasteiger partial charge in [0.15, 0.2) is 5.76 Å². The van der Waals surface area contributed by atoms with Gasteiger partial charge in [-0.15, -0.1) is 0 Å². The lowest BCUT2D eigenvalue weighted by Gasteiger charge is -2.35. The molecule has 6 heteroatoms. The first-order valence-corrected chi connectivity index (χ1v) is 11.9. The Hall–Kier alpha value is -3.77. The fraction of sp³-hybridized carbons (Fsp3) is 0.250. The largest absolute Gasteiger partial charge is 0.494 e. The molecule has 6 nitrogen and oxygen atoms in total. The smallest absolute Gasteiger partial charge is 0.160 e. The molecule has 3 N–H and O–H groups in total. The van der Waals surface area contributed by atoms with Crippen LogP contribution in [-0.4, -0.2) is 35.7 Å². The van der Waals surface area contributed by atoms with E-state index in [0.29, 0.717) is 0 Å². The highest BCUT2D eigenvalue weighted by molar-refractivity contribution is 6.11. The molecule has 0 amide bonds. The Balaban J connectivity index is 1.48. The number of nitrogens with zero attached hydrogens (tertiary/aromatic N) is 1. The number of nitrogens with one attached hydrogen (secondary N) is 3. The minimum atomic E-state index is 0.231. The number of rotatable bonds is 3. The first-order valence-electron chi connectivity index (χ1n) is 11.9. The van der Waals surface area contributed by atoms with Gasteiger partial charge in [0.2, 0.25) is 0 Å². The Bertz CT molecular complexity index is 1710. The molecule has 5 heterocycles. The van der Waals surface area contributed by atoms with E-state index in [-0.39, 0.29) is 6.04 Å². The molecule has 0 spiro atoms. The zero-order valence-corrected chi connectivity index (χ0v) is 19.4. The van der Waals surface area contributed by atoms with Crippen molar-refractivity contribution in [2.24, 2.45) is 0 Å². The number of benzene rings is 2. The van der Waals surface area contributed by atoms with Crippen LogP contribution in [0.3, 0.4) is 0 Å². The van der Waals surface area contributed by atoms with Crippen LogP contribution >= 0.6 is 0 Å². The van der Waals surface area contributed by atoms with Crippen LogP contribution in [0.4, 0.5) is 0 Å². The summed E-state index contributed by atoms with van der Waals surface area (Å²) in [4.78, 5) is 13.8. The monoisotopic (exact) mass is 451 g/mol. The van der Waals surface area contributed by atoms with Gasteiger partial charge in [-0.05, 0) is 18.6 Å². The Morgan fingerprint density at radius 3 is 2.50 bits per heavy atom. The molecule has 3 aromatic heterocycles. The summed E-state index contributed by atoms with van der Waals surface area (Å²) in [5.74, 6) is 1.85. The number of ether oxygens (including phenoxy) is 2. The SMILES string of the molecule is COC1=c2c([nH]c3ccccc23)=C2CCC[C@H](c3ncc(OC)c4c3[nH]c3ccccc34)[NH+]2C1. The van der Waals surface area contributed by atoms with E-state index in [1.807, 2.05) is 6.20 Å². The predicted octanol–water partition coefficient (Wildman–Crippen LogP) is 2.89. The molecule has 2 atom stereocenters. The summed E-state index contributed by atoms with van der Waals surface area (Å²) in [5, 5.41) is 5.99. The molecular weight excluding hydrogens is 424 g/mol. The fourth-order valence-corrected chi connectivity index (χ4v) is 6.21. The normalized spacial score (nSPS) is 20.1. The Labute approximate surface area is 196 Å². The van der Waals surface area contributed by atoms with E-state index in [0.717, 1.165) is 59.4 Å². The first-order chi connectivity index (χ1) is 16.8. The van der Waals surface area contributed by atoms with Crippen molar-refractivity contribution in [3.05, 3.63) is 71.0 Å². The molecule has 0 radical (unpaired) electrons. The number of pyridine rings is 1. The van der Waals surface area contributed by atoms with Crippen molar-refractivity contribution in [3.8, 4) is 5.75 Å². The number of piperidine rings is 1. The number of H-pyrrole nitrogens is 2. The Morgan fingerprint density at radius 1 is 0.941 bits per heavy atom. The van der Waals surface area contributed by atoms with Gasteiger partial charge in [-0.3, -0.25) is 4.90 Å². The number of para-hydroxylation sites is 2. The average Bonchev–Trinajstić information content (AvgIpc) is 3.47. The minimum absolute atomic E-state index is 0.231. The lowest BCUT2D eigenvalue weighted by molar-refractivity contribution is -0.862. The Morgan fingerprint density at radius 2 is 1.71 bits per heavy atom. The van der Waals surface area contributed by atoms with Crippen molar-refractivity contribution in [2.45, 2.75) is 25.3 Å². The summed E-state index contributed by atoms with van der Waals surface area (Å²) in [7, 11) is 3.52. The second-order valence-electron chi connectivity index (χ2n) is 9.31. The number of quaternary nitrogens is 1. The third kappa shape index (κ3) is 2.63. The van der Waals surface area contributed by atoms with Crippen LogP contribution in [0.5, 0.6) is 5.75 Å². The van der Waals surface area contributed by atoms with Crippen LogP contribution < -0.4 is 20.2 Å². The second-order valence-corrected chi connectivity index (χ2v) is 9.31. The van der Waals surface area contributed by atoms with E-state index in [1.54, 1.807) is 14.2 Å². The number of hydrogen-bond donors (Lipinski definition) is 3. The van der Waals surface area contributed by atoms with Gasteiger partial charge in [-0.25, -0.2) is 4.98 Å². The summed E-state index contributed by atoms with van der Waals surface area (Å²) < 4.78 is 11.7. The molecule has 1 unspecified atom stereocenters. The highest BCUT2D eigenvalue weighted by atomic mass is 16.5. The van der Waals surface area contributed by atoms with Crippen molar-refractivity contribution in [1.82, 2.24) is 15.0 Å². The molecule has 5 aromatic rings. The van der Waals surface area contributed by atoms with Crippen molar-refractivity contribution < 1.29 is 14.4 Å². The number of aromatic amines is 2. The van der Waals surface area contributed by atoms with Crippen LogP contribution in [-0.2, 0) is 4.74 Å². The van der Waals surface area contributed by atoms with E-state index in [1.165, 1.54) is 37.5 Å². The van der Waals surface area contributed by atoms with Gasteiger partial charge < -0.3 is 19.4 Å². The third-order valence-electron chi connectivity index (χ3n) is 7.69. The van der Waals surface area contributed by atoms with Gasteiger partial charge in [-0.1, -0.05) is 36.4 Å². The highest BCUT2D eigenvalue weighted by Crippen LogP contribution is 2.37. The zero-order valence-electron chi connectivity index (χ0n) is 19.4. The first kappa shape index (κ1) is 19.7. The average molecular weight is 452 g/mol. The summed E-state index contributed by atoms with van der Waals surface area (Å²) in [6.45, 7) is 0.820. The Kier molecular flexibility index (Phi) is 4.26. The van der Waals surface area contributed by atoms with Crippen molar-refractivity contribution in [2.75, 3.05) is 20.8 Å². The van der Waals surface area contributed by atoms with Gasteiger partial charge in [0, 0.05) is 34.6 Å². The number of hydrogen-bond acceptors (Lipinski definition) is 3. The van der Waals surface area contributed by atoms with Crippen molar-refractivity contribution in [1.29, 1.82) is 0 Å². The van der Waals surface area contributed by atoms with Gasteiger partial charge in [0.25, 0.3) is 0 Å². The van der Waals surface area contributed by atoms with Crippen LogP contribution in [0.2, 0.25) is 0 Å². The predicted molar refractivity (Wildman–Crippen MR) is 134 cm³/mol. The van der Waals surface area contributed by atoms with Crippen LogP contribution in [0, 0.1) is 0 Å². The van der Waals surface area contributed by atoms with Crippen LogP contribution in [0.25, 0.3) is 44.2 Å². The molecule has 7 rings (SSSR count).